The van der Waals surface area contributed by atoms with Crippen molar-refractivity contribution in [3.63, 3.8) is 0 Å². The summed E-state index contributed by atoms with van der Waals surface area (Å²) >= 11 is 3.38. The van der Waals surface area contributed by atoms with Gasteiger partial charge < -0.3 is 15.4 Å². The van der Waals surface area contributed by atoms with Crippen LogP contribution in [0.5, 0.6) is 0 Å². The molecule has 1 aliphatic heterocycles. The lowest BCUT2D eigenvalue weighted by Gasteiger charge is -2.33. The number of carbonyl (C=O) groups is 3. The Bertz CT molecular complexity index is 653. The number of amides is 2. The molecular formula is C18H24BrN3O4. The van der Waals surface area contributed by atoms with E-state index in [1.165, 1.54) is 0 Å². The lowest BCUT2D eigenvalue weighted by atomic mass is 10.1. The fourth-order valence-corrected chi connectivity index (χ4v) is 3.04. The standard InChI is InChI=1S/C18H24BrN3O4/c1-2-3-10-26-17(24)11-15-18(25)20-8-9-22(15)12-16(23)21-14-7-5-4-6-13(14)19/h4-7,15H,2-3,8-12H2,1H3,(H,20,25)(H,21,23). The summed E-state index contributed by atoms with van der Waals surface area (Å²) in [5.41, 5.74) is 0.662. The average molecular weight is 426 g/mol. The maximum Gasteiger partial charge on any atom is 0.307 e. The monoisotopic (exact) mass is 425 g/mol. The molecule has 2 N–H and O–H groups in total. The Balaban J connectivity index is 1.94. The first kappa shape index (κ1) is 20.4. The van der Waals surface area contributed by atoms with Crippen LogP contribution in [0.15, 0.2) is 28.7 Å². The van der Waals surface area contributed by atoms with Crippen molar-refractivity contribution >= 4 is 39.4 Å². The van der Waals surface area contributed by atoms with Crippen LogP contribution >= 0.6 is 15.9 Å². The summed E-state index contributed by atoms with van der Waals surface area (Å²) in [5, 5.41) is 5.55. The van der Waals surface area contributed by atoms with Gasteiger partial charge >= 0.3 is 5.97 Å². The normalized spacial score (nSPS) is 17.5. The number of nitrogens with one attached hydrogen (secondary N) is 2. The highest BCUT2D eigenvalue weighted by Gasteiger charge is 2.33. The molecule has 0 aliphatic carbocycles. The molecule has 2 amide bonds. The van der Waals surface area contributed by atoms with E-state index in [2.05, 4.69) is 26.6 Å². The second kappa shape index (κ2) is 10.3. The number of anilines is 1. The Morgan fingerprint density at radius 3 is 2.88 bits per heavy atom. The van der Waals surface area contributed by atoms with Crippen LogP contribution in [0.25, 0.3) is 0 Å². The molecule has 1 heterocycles. The number of hydrogen-bond acceptors (Lipinski definition) is 5. The lowest BCUT2D eigenvalue weighted by molar-refractivity contribution is -0.149. The van der Waals surface area contributed by atoms with Crippen molar-refractivity contribution in [2.75, 3.05) is 31.6 Å². The van der Waals surface area contributed by atoms with Gasteiger partial charge in [0.25, 0.3) is 0 Å². The van der Waals surface area contributed by atoms with Gasteiger partial charge in [-0.2, -0.15) is 0 Å². The predicted octanol–water partition coefficient (Wildman–Crippen LogP) is 1.92. The number of hydrogen-bond donors (Lipinski definition) is 2. The van der Waals surface area contributed by atoms with E-state index in [1.54, 1.807) is 11.0 Å². The third-order valence-corrected chi connectivity index (χ3v) is 4.75. The molecule has 142 valence electrons. The summed E-state index contributed by atoms with van der Waals surface area (Å²) in [7, 11) is 0. The zero-order valence-electron chi connectivity index (χ0n) is 14.8. The van der Waals surface area contributed by atoms with Crippen molar-refractivity contribution in [1.29, 1.82) is 0 Å². The smallest absolute Gasteiger partial charge is 0.307 e. The van der Waals surface area contributed by atoms with Gasteiger partial charge in [-0.05, 0) is 34.5 Å². The third-order valence-electron chi connectivity index (χ3n) is 4.06. The van der Waals surface area contributed by atoms with E-state index < -0.39 is 12.0 Å². The molecule has 1 unspecified atom stereocenters. The first-order chi connectivity index (χ1) is 12.5. The number of nitrogens with zero attached hydrogens (tertiary/aromatic N) is 1. The van der Waals surface area contributed by atoms with Gasteiger partial charge in [-0.15, -0.1) is 0 Å². The molecule has 26 heavy (non-hydrogen) atoms. The molecule has 1 atom stereocenters. The largest absolute Gasteiger partial charge is 0.466 e. The highest BCUT2D eigenvalue weighted by molar-refractivity contribution is 9.10. The molecule has 0 spiro atoms. The van der Waals surface area contributed by atoms with Crippen molar-refractivity contribution in [2.45, 2.75) is 32.2 Å². The van der Waals surface area contributed by atoms with Crippen molar-refractivity contribution in [1.82, 2.24) is 10.2 Å². The number of carbonyl (C=O) groups excluding carboxylic acids is 3. The van der Waals surface area contributed by atoms with Crippen LogP contribution in [0.3, 0.4) is 0 Å². The summed E-state index contributed by atoms with van der Waals surface area (Å²) in [6.45, 7) is 3.34. The maximum atomic E-state index is 12.4. The molecule has 1 aromatic carbocycles. The van der Waals surface area contributed by atoms with Gasteiger partial charge in [0.2, 0.25) is 11.8 Å². The highest BCUT2D eigenvalue weighted by Crippen LogP contribution is 2.21. The van der Waals surface area contributed by atoms with Crippen molar-refractivity contribution < 1.29 is 19.1 Å². The van der Waals surface area contributed by atoms with Gasteiger partial charge in [0, 0.05) is 17.6 Å². The summed E-state index contributed by atoms with van der Waals surface area (Å²) in [6.07, 6.45) is 1.66. The van der Waals surface area contributed by atoms with Crippen LogP contribution < -0.4 is 10.6 Å². The first-order valence-corrected chi connectivity index (χ1v) is 9.52. The summed E-state index contributed by atoms with van der Waals surface area (Å²) in [4.78, 5) is 38.2. The minimum Gasteiger partial charge on any atom is -0.466 e. The zero-order chi connectivity index (χ0) is 18.9. The number of para-hydroxylation sites is 1. The first-order valence-electron chi connectivity index (χ1n) is 8.73. The Morgan fingerprint density at radius 1 is 1.38 bits per heavy atom. The van der Waals surface area contributed by atoms with Crippen molar-refractivity contribution in [3.05, 3.63) is 28.7 Å². The number of benzene rings is 1. The minimum atomic E-state index is -0.692. The molecule has 0 aromatic heterocycles. The Kier molecular flexibility index (Phi) is 8.06. The van der Waals surface area contributed by atoms with E-state index in [9.17, 15) is 14.4 Å². The Hall–Kier alpha value is -1.93. The summed E-state index contributed by atoms with van der Waals surface area (Å²) < 4.78 is 5.92. The third kappa shape index (κ3) is 6.10. The molecule has 1 fully saturated rings. The highest BCUT2D eigenvalue weighted by atomic mass is 79.9. The molecule has 1 aliphatic rings. The molecule has 0 saturated carbocycles. The molecule has 1 aromatic rings. The second-order valence-corrected chi connectivity index (χ2v) is 6.94. The van der Waals surface area contributed by atoms with Crippen LogP contribution in [-0.4, -0.2) is 55.0 Å². The number of esters is 1. The Morgan fingerprint density at radius 2 is 2.15 bits per heavy atom. The van der Waals surface area contributed by atoms with E-state index in [0.29, 0.717) is 25.4 Å². The van der Waals surface area contributed by atoms with Crippen molar-refractivity contribution in [2.24, 2.45) is 0 Å². The van der Waals surface area contributed by atoms with Gasteiger partial charge in [0.05, 0.1) is 25.3 Å². The topological polar surface area (TPSA) is 87.7 Å². The fourth-order valence-electron chi connectivity index (χ4n) is 2.66. The van der Waals surface area contributed by atoms with Gasteiger partial charge in [-0.25, -0.2) is 0 Å². The molecule has 2 rings (SSSR count). The van der Waals surface area contributed by atoms with E-state index in [-0.39, 0.29) is 24.8 Å². The number of halogens is 1. The van der Waals surface area contributed by atoms with Gasteiger partial charge in [0.15, 0.2) is 0 Å². The summed E-state index contributed by atoms with van der Waals surface area (Å²) in [6, 6.07) is 6.61. The van der Waals surface area contributed by atoms with Gasteiger partial charge in [-0.3, -0.25) is 19.3 Å². The SMILES string of the molecule is CCCCOC(=O)CC1C(=O)NCCN1CC(=O)Nc1ccccc1Br. The molecule has 0 radical (unpaired) electrons. The number of rotatable bonds is 8. The zero-order valence-corrected chi connectivity index (χ0v) is 16.4. The molecule has 7 nitrogen and oxygen atoms in total. The average Bonchev–Trinajstić information content (AvgIpc) is 2.60. The quantitative estimate of drug-likeness (QED) is 0.490. The van der Waals surface area contributed by atoms with Crippen LogP contribution in [0.4, 0.5) is 5.69 Å². The summed E-state index contributed by atoms with van der Waals surface area (Å²) in [5.74, 6) is -0.912. The molecule has 1 saturated heterocycles. The van der Waals surface area contributed by atoms with Crippen molar-refractivity contribution in [3.8, 4) is 0 Å². The van der Waals surface area contributed by atoms with Crippen LogP contribution in [0, 0.1) is 0 Å². The van der Waals surface area contributed by atoms with E-state index >= 15 is 0 Å². The van der Waals surface area contributed by atoms with Gasteiger partial charge in [-0.1, -0.05) is 25.5 Å². The van der Waals surface area contributed by atoms with Crippen LogP contribution in [-0.2, 0) is 19.1 Å². The Labute approximate surface area is 161 Å². The van der Waals surface area contributed by atoms with Gasteiger partial charge in [0.1, 0.15) is 6.04 Å². The van der Waals surface area contributed by atoms with E-state index in [4.69, 9.17) is 4.74 Å². The predicted molar refractivity (Wildman–Crippen MR) is 102 cm³/mol. The fraction of sp³-hybridized carbons (Fsp3) is 0.500. The molecule has 8 heteroatoms. The number of piperazine rings is 1. The minimum absolute atomic E-state index is 0.0294. The number of unbranched alkanes of at least 4 members (excludes halogenated alkanes) is 1. The van der Waals surface area contributed by atoms with Crippen LogP contribution in [0.1, 0.15) is 26.2 Å². The number of ether oxygens (including phenoxy) is 1. The maximum absolute atomic E-state index is 12.4. The van der Waals surface area contributed by atoms with E-state index in [1.807, 2.05) is 25.1 Å². The molecule has 0 bridgehead atoms. The van der Waals surface area contributed by atoms with Crippen LogP contribution in [0.2, 0.25) is 0 Å². The lowest BCUT2D eigenvalue weighted by Crippen LogP contribution is -2.57. The molecular weight excluding hydrogens is 402 g/mol. The second-order valence-electron chi connectivity index (χ2n) is 6.08. The van der Waals surface area contributed by atoms with E-state index in [0.717, 1.165) is 17.3 Å².